The zero-order valence-electron chi connectivity index (χ0n) is 20.6. The van der Waals surface area contributed by atoms with Crippen LogP contribution in [0.1, 0.15) is 12.7 Å². The molecule has 7 nitrogen and oxygen atoms in total. The van der Waals surface area contributed by atoms with E-state index >= 15 is 0 Å². The van der Waals surface area contributed by atoms with E-state index in [1.807, 2.05) is 35.8 Å². The molecule has 0 fully saturated rings. The fraction of sp³-hybridized carbons (Fsp3) is 0.133. The Morgan fingerprint density at radius 1 is 0.838 bits per heavy atom. The lowest BCUT2D eigenvalue weighted by atomic mass is 10.1. The monoisotopic (exact) mass is 484 g/mol. The van der Waals surface area contributed by atoms with Gasteiger partial charge in [-0.1, -0.05) is 36.4 Å². The normalized spacial score (nSPS) is 11.9. The number of para-hydroxylation sites is 3. The van der Waals surface area contributed by atoms with Crippen LogP contribution in [-0.2, 0) is 13.1 Å². The Balaban J connectivity index is 1.65. The van der Waals surface area contributed by atoms with Gasteiger partial charge < -0.3 is 4.57 Å². The highest BCUT2D eigenvalue weighted by Gasteiger charge is 2.22. The predicted molar refractivity (Wildman–Crippen MR) is 150 cm³/mol. The minimum atomic E-state index is -0.139. The number of hydrogen-bond acceptors (Lipinski definition) is 4. The molecule has 0 spiro atoms. The molecule has 0 aliphatic heterocycles. The van der Waals surface area contributed by atoms with E-state index in [0.717, 1.165) is 28.7 Å². The SMILES string of the molecule is C=CCn1c(C)nc2c(c1=O)c1nc3ccccc3nc1n2-c1ccc2c(c1)c1ccccc1n2CC. The van der Waals surface area contributed by atoms with Crippen molar-refractivity contribution in [2.75, 3.05) is 0 Å². The molecule has 0 saturated carbocycles. The summed E-state index contributed by atoms with van der Waals surface area (Å²) in [6.45, 7) is 9.08. The summed E-state index contributed by atoms with van der Waals surface area (Å²) in [6.07, 6.45) is 1.71. The number of aryl methyl sites for hydroxylation is 2. The van der Waals surface area contributed by atoms with Gasteiger partial charge in [0.1, 0.15) is 16.7 Å². The maximum Gasteiger partial charge on any atom is 0.265 e. The first-order valence-corrected chi connectivity index (χ1v) is 12.4. The lowest BCUT2D eigenvalue weighted by molar-refractivity contribution is 0.727. The average molecular weight is 485 g/mol. The van der Waals surface area contributed by atoms with E-state index in [-0.39, 0.29) is 5.56 Å². The summed E-state index contributed by atoms with van der Waals surface area (Å²) in [5.41, 5.74) is 6.37. The Hall–Kier alpha value is -4.78. The first kappa shape index (κ1) is 21.5. The Labute approximate surface area is 211 Å². The summed E-state index contributed by atoms with van der Waals surface area (Å²) in [5, 5.41) is 2.81. The van der Waals surface area contributed by atoms with Crippen molar-refractivity contribution in [1.29, 1.82) is 0 Å². The van der Waals surface area contributed by atoms with Gasteiger partial charge in [-0.2, -0.15) is 0 Å². The summed E-state index contributed by atoms with van der Waals surface area (Å²) in [4.78, 5) is 28.6. The summed E-state index contributed by atoms with van der Waals surface area (Å²) in [6, 6.07) is 22.6. The molecule has 3 aromatic carbocycles. The topological polar surface area (TPSA) is 70.5 Å². The lowest BCUT2D eigenvalue weighted by Crippen LogP contribution is -2.23. The highest BCUT2D eigenvalue weighted by atomic mass is 16.1. The quantitative estimate of drug-likeness (QED) is 0.291. The molecule has 0 aliphatic carbocycles. The molecule has 0 unspecified atom stereocenters. The third-order valence-electron chi connectivity index (χ3n) is 7.20. The molecule has 0 amide bonds. The molecular weight excluding hydrogens is 460 g/mol. The maximum atomic E-state index is 13.8. The Kier molecular flexibility index (Phi) is 4.57. The van der Waals surface area contributed by atoms with Crippen LogP contribution in [-0.4, -0.2) is 28.7 Å². The van der Waals surface area contributed by atoms with E-state index < -0.39 is 0 Å². The van der Waals surface area contributed by atoms with Gasteiger partial charge in [-0.15, -0.1) is 6.58 Å². The van der Waals surface area contributed by atoms with Crippen LogP contribution in [0.5, 0.6) is 0 Å². The number of aromatic nitrogens is 6. The number of nitrogens with zero attached hydrogens (tertiary/aromatic N) is 6. The van der Waals surface area contributed by atoms with Gasteiger partial charge in [-0.25, -0.2) is 15.0 Å². The van der Waals surface area contributed by atoms with Crippen molar-refractivity contribution in [2.24, 2.45) is 0 Å². The molecule has 0 N–H and O–H groups in total. The Bertz CT molecular complexity index is 2110. The van der Waals surface area contributed by atoms with Gasteiger partial charge in [-0.3, -0.25) is 13.9 Å². The molecule has 37 heavy (non-hydrogen) atoms. The number of rotatable bonds is 4. The third-order valence-corrected chi connectivity index (χ3v) is 7.20. The van der Waals surface area contributed by atoms with Crippen LogP contribution >= 0.6 is 0 Å². The van der Waals surface area contributed by atoms with Crippen LogP contribution in [0.3, 0.4) is 0 Å². The van der Waals surface area contributed by atoms with Gasteiger partial charge in [-0.05, 0) is 50.2 Å². The minimum absolute atomic E-state index is 0.139. The summed E-state index contributed by atoms with van der Waals surface area (Å²) in [5.74, 6) is 0.620. The second-order valence-corrected chi connectivity index (χ2v) is 9.24. The fourth-order valence-electron chi connectivity index (χ4n) is 5.54. The predicted octanol–water partition coefficient (Wildman–Crippen LogP) is 5.91. The molecule has 0 bridgehead atoms. The van der Waals surface area contributed by atoms with Crippen LogP contribution in [0.15, 0.2) is 84.2 Å². The molecular formula is C30H24N6O. The molecule has 7 heteroatoms. The van der Waals surface area contributed by atoms with Crippen LogP contribution < -0.4 is 5.56 Å². The standard InChI is InChI=1S/C30H24N6O/c1-4-16-35-18(3)31-28-26(30(35)37)27-29(33-23-12-8-7-11-22(23)32-27)36(28)19-14-15-25-21(17-19)20-10-6-9-13-24(20)34(25)5-2/h4,6-15,17H,1,5,16H2,2-3H3. The van der Waals surface area contributed by atoms with Gasteiger partial charge >= 0.3 is 0 Å². The van der Waals surface area contributed by atoms with E-state index in [1.165, 1.54) is 16.4 Å². The van der Waals surface area contributed by atoms with Gasteiger partial charge in [0.15, 0.2) is 11.3 Å². The molecule has 0 atom stereocenters. The highest BCUT2D eigenvalue weighted by molar-refractivity contribution is 6.10. The molecule has 4 heterocycles. The van der Waals surface area contributed by atoms with Crippen molar-refractivity contribution in [2.45, 2.75) is 26.9 Å². The van der Waals surface area contributed by atoms with Crippen LogP contribution in [0.2, 0.25) is 0 Å². The largest absolute Gasteiger partial charge is 0.341 e. The van der Waals surface area contributed by atoms with Gasteiger partial charge in [0.05, 0.1) is 11.0 Å². The zero-order chi connectivity index (χ0) is 25.3. The van der Waals surface area contributed by atoms with E-state index in [0.29, 0.717) is 34.6 Å². The highest BCUT2D eigenvalue weighted by Crippen LogP contribution is 2.34. The first-order chi connectivity index (χ1) is 18.1. The van der Waals surface area contributed by atoms with Crippen LogP contribution in [0, 0.1) is 6.92 Å². The first-order valence-electron chi connectivity index (χ1n) is 12.4. The third kappa shape index (κ3) is 2.94. The smallest absolute Gasteiger partial charge is 0.265 e. The van der Waals surface area contributed by atoms with Crippen LogP contribution in [0.4, 0.5) is 0 Å². The molecule has 7 aromatic rings. The number of hydrogen-bond donors (Lipinski definition) is 0. The van der Waals surface area contributed by atoms with E-state index in [4.69, 9.17) is 15.0 Å². The molecule has 0 radical (unpaired) electrons. The van der Waals surface area contributed by atoms with Gasteiger partial charge in [0.2, 0.25) is 0 Å². The average Bonchev–Trinajstić information content (AvgIpc) is 3.41. The second kappa shape index (κ2) is 7.86. The number of fused-ring (bicyclic) bond motifs is 7. The van der Waals surface area contributed by atoms with Crippen molar-refractivity contribution in [3.63, 3.8) is 0 Å². The summed E-state index contributed by atoms with van der Waals surface area (Å²) < 4.78 is 5.94. The Morgan fingerprint density at radius 3 is 2.35 bits per heavy atom. The Morgan fingerprint density at radius 2 is 1.57 bits per heavy atom. The van der Waals surface area contributed by atoms with Crippen LogP contribution in [0.25, 0.3) is 60.7 Å². The molecule has 4 aromatic heterocycles. The summed E-state index contributed by atoms with van der Waals surface area (Å²) in [7, 11) is 0. The van der Waals surface area contributed by atoms with E-state index in [9.17, 15) is 4.79 Å². The zero-order valence-corrected chi connectivity index (χ0v) is 20.6. The van der Waals surface area contributed by atoms with E-state index in [1.54, 1.807) is 10.6 Å². The summed E-state index contributed by atoms with van der Waals surface area (Å²) >= 11 is 0. The van der Waals surface area contributed by atoms with Crippen molar-refractivity contribution in [3.8, 4) is 5.69 Å². The van der Waals surface area contributed by atoms with Crippen molar-refractivity contribution < 1.29 is 0 Å². The molecule has 0 saturated heterocycles. The minimum Gasteiger partial charge on any atom is -0.341 e. The molecule has 7 rings (SSSR count). The van der Waals surface area contributed by atoms with Crippen molar-refractivity contribution >= 4 is 55.0 Å². The second-order valence-electron chi connectivity index (χ2n) is 9.24. The maximum absolute atomic E-state index is 13.8. The molecule has 0 aliphatic rings. The van der Waals surface area contributed by atoms with Gasteiger partial charge in [0, 0.05) is 40.6 Å². The van der Waals surface area contributed by atoms with Gasteiger partial charge in [0.25, 0.3) is 5.56 Å². The molecule has 180 valence electrons. The fourth-order valence-corrected chi connectivity index (χ4v) is 5.54. The van der Waals surface area contributed by atoms with Crippen molar-refractivity contribution in [1.82, 2.24) is 28.7 Å². The van der Waals surface area contributed by atoms with E-state index in [2.05, 4.69) is 60.5 Å². The lowest BCUT2D eigenvalue weighted by Gasteiger charge is -2.10. The number of allylic oxidation sites excluding steroid dienone is 1. The number of benzene rings is 3. The van der Waals surface area contributed by atoms with Crippen molar-refractivity contribution in [3.05, 3.63) is 95.6 Å².